The highest BCUT2D eigenvalue weighted by molar-refractivity contribution is 7.98. The average Bonchev–Trinajstić information content (AvgIpc) is 2.22. The Bertz CT molecular complexity index is 185. The van der Waals surface area contributed by atoms with Crippen molar-refractivity contribution < 1.29 is 4.79 Å². The molecule has 0 aromatic carbocycles. The monoisotopic (exact) mass is 232 g/mol. The molecule has 0 aromatic heterocycles. The minimum absolute atomic E-state index is 0.171. The molecule has 15 heavy (non-hydrogen) atoms. The molecule has 0 saturated heterocycles. The third-order valence-electron chi connectivity index (χ3n) is 2.57. The first kappa shape index (κ1) is 14.8. The molecule has 0 saturated carbocycles. The van der Waals surface area contributed by atoms with Crippen molar-refractivity contribution in [1.29, 1.82) is 0 Å². The van der Waals surface area contributed by atoms with E-state index < -0.39 is 0 Å². The molecule has 0 aliphatic heterocycles. The number of hydrogen-bond donors (Lipinski definition) is 1. The third kappa shape index (κ3) is 6.05. The lowest BCUT2D eigenvalue weighted by Crippen LogP contribution is -2.43. The second-order valence-corrected chi connectivity index (χ2v) is 4.95. The molecule has 3 nitrogen and oxygen atoms in total. The molecular weight excluding hydrogens is 208 g/mol. The maximum Gasteiger partial charge on any atom is 0.236 e. The smallest absolute Gasteiger partial charge is 0.236 e. The van der Waals surface area contributed by atoms with Crippen LogP contribution in [0.1, 0.15) is 27.2 Å². The van der Waals surface area contributed by atoms with E-state index in [9.17, 15) is 4.79 Å². The molecule has 1 atom stereocenters. The van der Waals surface area contributed by atoms with Crippen LogP contribution in [0.2, 0.25) is 0 Å². The molecule has 1 unspecified atom stereocenters. The van der Waals surface area contributed by atoms with Gasteiger partial charge in [-0.05, 0) is 26.5 Å². The van der Waals surface area contributed by atoms with Gasteiger partial charge in [0, 0.05) is 24.9 Å². The summed E-state index contributed by atoms with van der Waals surface area (Å²) < 4.78 is 0. The zero-order valence-electron chi connectivity index (χ0n) is 10.5. The molecule has 0 heterocycles. The summed E-state index contributed by atoms with van der Waals surface area (Å²) in [7, 11) is 1.85. The van der Waals surface area contributed by atoms with Gasteiger partial charge in [-0.25, -0.2) is 0 Å². The summed E-state index contributed by atoms with van der Waals surface area (Å²) >= 11 is 1.81. The van der Waals surface area contributed by atoms with Crippen LogP contribution in [0.4, 0.5) is 0 Å². The molecular formula is C11H24N2OS. The number of rotatable bonds is 7. The first-order chi connectivity index (χ1) is 7.02. The lowest BCUT2D eigenvalue weighted by molar-refractivity contribution is -0.130. The Morgan fingerprint density at radius 2 is 2.07 bits per heavy atom. The van der Waals surface area contributed by atoms with E-state index in [-0.39, 0.29) is 11.9 Å². The van der Waals surface area contributed by atoms with Crippen molar-refractivity contribution in [3.05, 3.63) is 0 Å². The summed E-state index contributed by atoms with van der Waals surface area (Å²) in [5.74, 6) is 1.24. The first-order valence-corrected chi connectivity index (χ1v) is 6.90. The van der Waals surface area contributed by atoms with Crippen LogP contribution in [-0.2, 0) is 4.79 Å². The van der Waals surface area contributed by atoms with Crippen molar-refractivity contribution in [1.82, 2.24) is 10.2 Å². The van der Waals surface area contributed by atoms with Crippen molar-refractivity contribution in [2.45, 2.75) is 39.3 Å². The van der Waals surface area contributed by atoms with Gasteiger partial charge in [-0.3, -0.25) is 4.79 Å². The summed E-state index contributed by atoms with van der Waals surface area (Å²) in [5, 5.41) is 3.29. The molecule has 0 aliphatic carbocycles. The third-order valence-corrected chi connectivity index (χ3v) is 3.31. The Labute approximate surface area is 98.0 Å². The predicted molar refractivity (Wildman–Crippen MR) is 68.4 cm³/mol. The first-order valence-electron chi connectivity index (χ1n) is 5.50. The number of carbonyl (C=O) groups excluding carboxylic acids is 1. The van der Waals surface area contributed by atoms with Gasteiger partial charge in [-0.2, -0.15) is 11.8 Å². The minimum atomic E-state index is 0.171. The fourth-order valence-corrected chi connectivity index (χ4v) is 1.92. The summed E-state index contributed by atoms with van der Waals surface area (Å²) in [6.07, 6.45) is 3.16. The van der Waals surface area contributed by atoms with E-state index in [0.717, 1.165) is 12.2 Å². The van der Waals surface area contributed by atoms with Crippen LogP contribution in [0.15, 0.2) is 0 Å². The fourth-order valence-electron chi connectivity index (χ4n) is 1.17. The van der Waals surface area contributed by atoms with Gasteiger partial charge in [0.15, 0.2) is 0 Å². The van der Waals surface area contributed by atoms with Crippen molar-refractivity contribution in [2.24, 2.45) is 0 Å². The molecule has 0 radical (unpaired) electrons. The Morgan fingerprint density at radius 3 is 2.47 bits per heavy atom. The highest BCUT2D eigenvalue weighted by Gasteiger charge is 2.13. The zero-order chi connectivity index (χ0) is 11.8. The van der Waals surface area contributed by atoms with Crippen molar-refractivity contribution >= 4 is 17.7 Å². The van der Waals surface area contributed by atoms with E-state index in [1.165, 1.54) is 0 Å². The van der Waals surface area contributed by atoms with Crippen LogP contribution < -0.4 is 5.32 Å². The van der Waals surface area contributed by atoms with E-state index in [0.29, 0.717) is 12.6 Å². The number of hydrogen-bond acceptors (Lipinski definition) is 3. The molecule has 0 spiro atoms. The van der Waals surface area contributed by atoms with Crippen LogP contribution >= 0.6 is 11.8 Å². The van der Waals surface area contributed by atoms with Crippen LogP contribution in [0.25, 0.3) is 0 Å². The molecule has 4 heteroatoms. The molecule has 0 bridgehead atoms. The van der Waals surface area contributed by atoms with Crippen LogP contribution in [0, 0.1) is 0 Å². The normalized spacial score (nSPS) is 12.9. The molecule has 1 N–H and O–H groups in total. The van der Waals surface area contributed by atoms with Crippen molar-refractivity contribution in [3.8, 4) is 0 Å². The summed E-state index contributed by atoms with van der Waals surface area (Å²) in [5.41, 5.74) is 0. The molecule has 0 fully saturated rings. The highest BCUT2D eigenvalue weighted by atomic mass is 32.2. The standard InChI is InChI=1S/C11H24N2OS/c1-6-10(8-15-5)12-7-11(14)13(4)9(2)3/h9-10,12H,6-8H2,1-5H3. The topological polar surface area (TPSA) is 32.3 Å². The lowest BCUT2D eigenvalue weighted by atomic mass is 10.2. The van der Waals surface area contributed by atoms with Gasteiger partial charge in [0.1, 0.15) is 0 Å². The largest absolute Gasteiger partial charge is 0.342 e. The maximum absolute atomic E-state index is 11.7. The van der Waals surface area contributed by atoms with Gasteiger partial charge in [0.05, 0.1) is 6.54 Å². The van der Waals surface area contributed by atoms with Gasteiger partial charge in [-0.15, -0.1) is 0 Å². The van der Waals surface area contributed by atoms with E-state index >= 15 is 0 Å². The van der Waals surface area contributed by atoms with Crippen LogP contribution in [0.3, 0.4) is 0 Å². The number of likely N-dealkylation sites (N-methyl/N-ethyl adjacent to an activating group) is 1. The maximum atomic E-state index is 11.7. The molecule has 0 rings (SSSR count). The Balaban J connectivity index is 3.87. The second kappa shape index (κ2) is 7.99. The Morgan fingerprint density at radius 1 is 1.47 bits per heavy atom. The summed E-state index contributed by atoms with van der Waals surface area (Å²) in [6.45, 7) is 6.65. The van der Waals surface area contributed by atoms with E-state index in [1.807, 2.05) is 32.7 Å². The molecule has 0 aromatic rings. The quantitative estimate of drug-likeness (QED) is 0.723. The van der Waals surface area contributed by atoms with Gasteiger partial charge < -0.3 is 10.2 Å². The second-order valence-electron chi connectivity index (χ2n) is 4.04. The van der Waals surface area contributed by atoms with Crippen molar-refractivity contribution in [3.63, 3.8) is 0 Å². The fraction of sp³-hybridized carbons (Fsp3) is 0.909. The van der Waals surface area contributed by atoms with E-state index in [1.54, 1.807) is 4.90 Å². The number of thioether (sulfide) groups is 1. The number of nitrogens with one attached hydrogen (secondary N) is 1. The zero-order valence-corrected chi connectivity index (χ0v) is 11.4. The van der Waals surface area contributed by atoms with Gasteiger partial charge in [0.2, 0.25) is 5.91 Å². The van der Waals surface area contributed by atoms with Gasteiger partial charge in [-0.1, -0.05) is 6.92 Å². The van der Waals surface area contributed by atoms with Crippen molar-refractivity contribution in [2.75, 3.05) is 25.6 Å². The van der Waals surface area contributed by atoms with Gasteiger partial charge in [0.25, 0.3) is 0 Å². The van der Waals surface area contributed by atoms with E-state index in [2.05, 4.69) is 18.5 Å². The van der Waals surface area contributed by atoms with E-state index in [4.69, 9.17) is 0 Å². The van der Waals surface area contributed by atoms with Crippen LogP contribution in [0.5, 0.6) is 0 Å². The lowest BCUT2D eigenvalue weighted by Gasteiger charge is -2.23. The number of amides is 1. The number of carbonyl (C=O) groups is 1. The summed E-state index contributed by atoms with van der Waals surface area (Å²) in [4.78, 5) is 13.4. The molecule has 1 amide bonds. The predicted octanol–water partition coefficient (Wildman–Crippen LogP) is 1.58. The Hall–Kier alpha value is -0.220. The van der Waals surface area contributed by atoms with Crippen LogP contribution in [-0.4, -0.2) is 48.5 Å². The number of nitrogens with zero attached hydrogens (tertiary/aromatic N) is 1. The molecule has 0 aliphatic rings. The summed E-state index contributed by atoms with van der Waals surface area (Å²) in [6, 6.07) is 0.726. The Kier molecular flexibility index (Phi) is 7.88. The molecule has 90 valence electrons. The minimum Gasteiger partial charge on any atom is -0.342 e. The average molecular weight is 232 g/mol. The highest BCUT2D eigenvalue weighted by Crippen LogP contribution is 2.01. The van der Waals surface area contributed by atoms with Gasteiger partial charge >= 0.3 is 0 Å². The SMILES string of the molecule is CCC(CSC)NCC(=O)N(C)C(C)C.